The van der Waals surface area contributed by atoms with E-state index in [-0.39, 0.29) is 0 Å². The second-order valence-corrected chi connectivity index (χ2v) is 5.75. The lowest BCUT2D eigenvalue weighted by Gasteiger charge is -2.19. The summed E-state index contributed by atoms with van der Waals surface area (Å²) in [5, 5.41) is 3.66. The molecule has 1 unspecified atom stereocenters. The highest BCUT2D eigenvalue weighted by atomic mass is 16.5. The second kappa shape index (κ2) is 5.68. The van der Waals surface area contributed by atoms with Gasteiger partial charge in [0.15, 0.2) is 0 Å². The van der Waals surface area contributed by atoms with E-state index in [0.29, 0.717) is 6.04 Å². The number of anilines is 2. The molecule has 0 saturated heterocycles. The number of fused-ring (bicyclic) bond motifs is 1. The Kier molecular flexibility index (Phi) is 3.74. The van der Waals surface area contributed by atoms with Crippen molar-refractivity contribution < 1.29 is 4.74 Å². The zero-order chi connectivity index (χ0) is 14.8. The summed E-state index contributed by atoms with van der Waals surface area (Å²) in [6.45, 7) is 0. The van der Waals surface area contributed by atoms with Crippen LogP contribution in [0.3, 0.4) is 0 Å². The van der Waals surface area contributed by atoms with Crippen molar-refractivity contribution in [1.82, 2.24) is 0 Å². The first kappa shape index (κ1) is 13.8. The number of benzene rings is 2. The van der Waals surface area contributed by atoms with E-state index in [1.807, 2.05) is 6.07 Å². The molecule has 0 aliphatic heterocycles. The molecule has 21 heavy (non-hydrogen) atoms. The van der Waals surface area contributed by atoms with Gasteiger partial charge in [-0.15, -0.1) is 0 Å². The van der Waals surface area contributed by atoms with Crippen molar-refractivity contribution in [3.05, 3.63) is 53.6 Å². The van der Waals surface area contributed by atoms with Crippen molar-refractivity contribution in [2.45, 2.75) is 18.9 Å². The van der Waals surface area contributed by atoms with E-state index in [0.717, 1.165) is 18.6 Å². The summed E-state index contributed by atoms with van der Waals surface area (Å²) in [5.41, 5.74) is 5.17. The molecule has 1 N–H and O–H groups in total. The number of rotatable bonds is 4. The Balaban J connectivity index is 1.83. The minimum absolute atomic E-state index is 0.368. The lowest BCUT2D eigenvalue weighted by molar-refractivity contribution is 0.414. The number of hydrogen-bond donors (Lipinski definition) is 1. The van der Waals surface area contributed by atoms with E-state index >= 15 is 0 Å². The van der Waals surface area contributed by atoms with Gasteiger partial charge in [-0.2, -0.15) is 0 Å². The molecular weight excluding hydrogens is 260 g/mol. The van der Waals surface area contributed by atoms with Crippen molar-refractivity contribution in [2.24, 2.45) is 0 Å². The Labute approximate surface area is 126 Å². The summed E-state index contributed by atoms with van der Waals surface area (Å²) in [7, 11) is 5.85. The van der Waals surface area contributed by atoms with Crippen LogP contribution in [0.4, 0.5) is 11.4 Å². The SMILES string of the molecule is COc1ccc2c(c1)C(Nc1cccc(N(C)C)c1)CC2. The van der Waals surface area contributed by atoms with E-state index < -0.39 is 0 Å². The molecule has 0 spiro atoms. The third-order valence-electron chi connectivity index (χ3n) is 4.13. The minimum atomic E-state index is 0.368. The van der Waals surface area contributed by atoms with E-state index in [4.69, 9.17) is 4.74 Å². The average Bonchev–Trinajstić information content (AvgIpc) is 2.89. The molecule has 2 aromatic rings. The van der Waals surface area contributed by atoms with Gasteiger partial charge in [0.25, 0.3) is 0 Å². The largest absolute Gasteiger partial charge is 0.497 e. The highest BCUT2D eigenvalue weighted by molar-refractivity contribution is 5.59. The number of nitrogens with zero attached hydrogens (tertiary/aromatic N) is 1. The quantitative estimate of drug-likeness (QED) is 0.921. The molecule has 0 radical (unpaired) electrons. The zero-order valence-electron chi connectivity index (χ0n) is 12.9. The molecule has 1 aliphatic carbocycles. The highest BCUT2D eigenvalue weighted by Crippen LogP contribution is 2.36. The van der Waals surface area contributed by atoms with Crippen LogP contribution in [0.1, 0.15) is 23.6 Å². The summed E-state index contributed by atoms with van der Waals surface area (Å²) in [5.74, 6) is 0.935. The van der Waals surface area contributed by atoms with Crippen molar-refractivity contribution in [3.63, 3.8) is 0 Å². The molecule has 0 aromatic heterocycles. The van der Waals surface area contributed by atoms with Crippen molar-refractivity contribution >= 4 is 11.4 Å². The number of nitrogens with one attached hydrogen (secondary N) is 1. The topological polar surface area (TPSA) is 24.5 Å². The van der Waals surface area contributed by atoms with Crippen LogP contribution in [0.15, 0.2) is 42.5 Å². The normalized spacial score (nSPS) is 16.4. The van der Waals surface area contributed by atoms with Crippen LogP contribution < -0.4 is 15.0 Å². The predicted octanol–water partition coefficient (Wildman–Crippen LogP) is 3.86. The standard InChI is InChI=1S/C18H22N2O/c1-20(2)15-6-4-5-14(11-15)19-18-10-8-13-7-9-16(21-3)12-17(13)18/h4-7,9,11-12,18-19H,8,10H2,1-3H3. The molecule has 1 aliphatic rings. The van der Waals surface area contributed by atoms with Crippen molar-refractivity contribution in [2.75, 3.05) is 31.4 Å². The molecule has 0 fully saturated rings. The molecule has 1 atom stereocenters. The summed E-state index contributed by atoms with van der Waals surface area (Å²) >= 11 is 0. The fraction of sp³-hybridized carbons (Fsp3) is 0.333. The van der Waals surface area contributed by atoms with Crippen molar-refractivity contribution in [1.29, 1.82) is 0 Å². The lowest BCUT2D eigenvalue weighted by Crippen LogP contribution is -2.10. The summed E-state index contributed by atoms with van der Waals surface area (Å²) in [6.07, 6.45) is 2.26. The fourth-order valence-electron chi connectivity index (χ4n) is 2.93. The van der Waals surface area contributed by atoms with Crippen LogP contribution >= 0.6 is 0 Å². The summed E-state index contributed by atoms with van der Waals surface area (Å²) < 4.78 is 5.35. The van der Waals surface area contributed by atoms with Crippen LogP contribution in [-0.2, 0) is 6.42 Å². The van der Waals surface area contributed by atoms with Gasteiger partial charge in [0, 0.05) is 25.5 Å². The number of methoxy groups -OCH3 is 1. The third-order valence-corrected chi connectivity index (χ3v) is 4.13. The van der Waals surface area contributed by atoms with Gasteiger partial charge in [0.2, 0.25) is 0 Å². The Morgan fingerprint density at radius 2 is 2.00 bits per heavy atom. The Morgan fingerprint density at radius 3 is 2.76 bits per heavy atom. The maximum Gasteiger partial charge on any atom is 0.119 e. The molecule has 3 heteroatoms. The van der Waals surface area contributed by atoms with E-state index in [9.17, 15) is 0 Å². The average molecular weight is 282 g/mol. The number of ether oxygens (including phenoxy) is 1. The highest BCUT2D eigenvalue weighted by Gasteiger charge is 2.22. The zero-order valence-corrected chi connectivity index (χ0v) is 12.9. The molecule has 0 saturated carbocycles. The molecule has 0 amide bonds. The van der Waals surface area contributed by atoms with Crippen LogP contribution in [0.5, 0.6) is 5.75 Å². The van der Waals surface area contributed by atoms with Crippen molar-refractivity contribution in [3.8, 4) is 5.75 Å². The first-order valence-electron chi connectivity index (χ1n) is 7.38. The van der Waals surface area contributed by atoms with Gasteiger partial charge in [0.05, 0.1) is 13.2 Å². The molecule has 0 heterocycles. The number of aryl methyl sites for hydroxylation is 1. The van der Waals surface area contributed by atoms with Crippen LogP contribution in [-0.4, -0.2) is 21.2 Å². The van der Waals surface area contributed by atoms with Crippen LogP contribution in [0, 0.1) is 0 Å². The fourth-order valence-corrected chi connectivity index (χ4v) is 2.93. The lowest BCUT2D eigenvalue weighted by atomic mass is 10.1. The van der Waals surface area contributed by atoms with E-state index in [1.165, 1.54) is 22.5 Å². The van der Waals surface area contributed by atoms with Crippen LogP contribution in [0.2, 0.25) is 0 Å². The molecular formula is C18H22N2O. The number of hydrogen-bond acceptors (Lipinski definition) is 3. The Morgan fingerprint density at radius 1 is 1.14 bits per heavy atom. The van der Waals surface area contributed by atoms with Gasteiger partial charge in [-0.1, -0.05) is 12.1 Å². The monoisotopic (exact) mass is 282 g/mol. The maximum atomic E-state index is 5.35. The Bertz CT molecular complexity index is 637. The molecule has 0 bridgehead atoms. The van der Waals surface area contributed by atoms with Gasteiger partial charge < -0.3 is 15.0 Å². The van der Waals surface area contributed by atoms with Gasteiger partial charge in [-0.3, -0.25) is 0 Å². The summed E-state index contributed by atoms with van der Waals surface area (Å²) in [4.78, 5) is 2.12. The molecule has 3 rings (SSSR count). The van der Waals surface area contributed by atoms with E-state index in [2.05, 4.69) is 60.7 Å². The summed E-state index contributed by atoms with van der Waals surface area (Å²) in [6, 6.07) is 15.3. The first-order chi connectivity index (χ1) is 10.2. The Hall–Kier alpha value is -2.16. The predicted molar refractivity (Wildman–Crippen MR) is 88.4 cm³/mol. The second-order valence-electron chi connectivity index (χ2n) is 5.75. The van der Waals surface area contributed by atoms with Crippen LogP contribution in [0.25, 0.3) is 0 Å². The minimum Gasteiger partial charge on any atom is -0.497 e. The van der Waals surface area contributed by atoms with E-state index in [1.54, 1.807) is 7.11 Å². The van der Waals surface area contributed by atoms with Gasteiger partial charge >= 0.3 is 0 Å². The third kappa shape index (κ3) is 2.82. The molecule has 110 valence electrons. The molecule has 2 aromatic carbocycles. The van der Waals surface area contributed by atoms with Gasteiger partial charge in [-0.25, -0.2) is 0 Å². The maximum absolute atomic E-state index is 5.35. The van der Waals surface area contributed by atoms with Gasteiger partial charge in [0.1, 0.15) is 5.75 Å². The van der Waals surface area contributed by atoms with Gasteiger partial charge in [-0.05, 0) is 54.3 Å². The molecule has 3 nitrogen and oxygen atoms in total. The first-order valence-corrected chi connectivity index (χ1v) is 7.38. The smallest absolute Gasteiger partial charge is 0.119 e.